The van der Waals surface area contributed by atoms with Gasteiger partial charge < -0.3 is 10.2 Å². The molecule has 0 saturated heterocycles. The summed E-state index contributed by atoms with van der Waals surface area (Å²) in [6.45, 7) is 4.67. The number of anilines is 1. The van der Waals surface area contributed by atoms with Crippen molar-refractivity contribution in [2.75, 3.05) is 17.1 Å². The number of sulfonamides is 1. The number of nitrogens with one attached hydrogen (secondary N) is 1. The van der Waals surface area contributed by atoms with Crippen LogP contribution >= 0.6 is 0 Å². The SMILES string of the molecule is Cc1cccc(CN(C(=O)CN(c2cc([N+](=O)[O-])ccc2C)S(C)(=O)=O)C(C)C(=O)NC2CCCCC2)c1. The maximum Gasteiger partial charge on any atom is 0.271 e. The number of rotatable bonds is 10. The molecule has 0 aromatic heterocycles. The van der Waals surface area contributed by atoms with Gasteiger partial charge in [-0.25, -0.2) is 8.42 Å². The molecule has 11 heteroatoms. The minimum atomic E-state index is -4.00. The van der Waals surface area contributed by atoms with E-state index in [2.05, 4.69) is 5.32 Å². The van der Waals surface area contributed by atoms with Crippen molar-refractivity contribution in [3.05, 3.63) is 69.3 Å². The van der Waals surface area contributed by atoms with Crippen LogP contribution in [-0.2, 0) is 26.2 Å². The van der Waals surface area contributed by atoms with E-state index in [1.165, 1.54) is 17.0 Å². The van der Waals surface area contributed by atoms with E-state index in [-0.39, 0.29) is 29.9 Å². The quantitative estimate of drug-likeness (QED) is 0.357. The van der Waals surface area contributed by atoms with Gasteiger partial charge in [0.15, 0.2) is 0 Å². The first-order chi connectivity index (χ1) is 17.9. The highest BCUT2D eigenvalue weighted by molar-refractivity contribution is 7.92. The molecule has 0 radical (unpaired) electrons. The monoisotopic (exact) mass is 544 g/mol. The molecule has 0 bridgehead atoms. The topological polar surface area (TPSA) is 130 Å². The van der Waals surface area contributed by atoms with Crippen LogP contribution in [0.25, 0.3) is 0 Å². The summed E-state index contributed by atoms with van der Waals surface area (Å²) in [4.78, 5) is 39.1. The number of carbonyl (C=O) groups excluding carboxylic acids is 2. The predicted octanol–water partition coefficient (Wildman–Crippen LogP) is 3.84. The number of carbonyl (C=O) groups is 2. The molecule has 38 heavy (non-hydrogen) atoms. The van der Waals surface area contributed by atoms with Gasteiger partial charge in [-0.3, -0.25) is 24.0 Å². The molecule has 206 valence electrons. The Kier molecular flexibility index (Phi) is 9.48. The Bertz CT molecular complexity index is 1290. The van der Waals surface area contributed by atoms with Crippen LogP contribution in [0.5, 0.6) is 0 Å². The third-order valence-corrected chi connectivity index (χ3v) is 8.03. The van der Waals surface area contributed by atoms with Crippen LogP contribution in [0.2, 0.25) is 0 Å². The third kappa shape index (κ3) is 7.53. The average molecular weight is 545 g/mol. The molecular formula is C27H36N4O6S. The normalized spacial score (nSPS) is 14.9. The van der Waals surface area contributed by atoms with E-state index in [1.54, 1.807) is 13.8 Å². The zero-order chi connectivity index (χ0) is 28.0. The lowest BCUT2D eigenvalue weighted by Gasteiger charge is -2.33. The van der Waals surface area contributed by atoms with Crippen molar-refractivity contribution in [2.24, 2.45) is 0 Å². The summed E-state index contributed by atoms with van der Waals surface area (Å²) in [5.41, 5.74) is 2.00. The van der Waals surface area contributed by atoms with Crippen molar-refractivity contribution in [3.8, 4) is 0 Å². The molecule has 3 rings (SSSR count). The molecule has 1 fully saturated rings. The maximum atomic E-state index is 13.7. The molecule has 0 aliphatic heterocycles. The highest BCUT2D eigenvalue weighted by Gasteiger charge is 2.32. The molecular weight excluding hydrogens is 508 g/mol. The summed E-state index contributed by atoms with van der Waals surface area (Å²) in [6, 6.07) is 10.6. The van der Waals surface area contributed by atoms with E-state index in [9.17, 15) is 28.1 Å². The van der Waals surface area contributed by atoms with Crippen molar-refractivity contribution >= 4 is 33.2 Å². The van der Waals surface area contributed by atoms with Crippen molar-refractivity contribution in [1.82, 2.24) is 10.2 Å². The zero-order valence-electron chi connectivity index (χ0n) is 22.3. The van der Waals surface area contributed by atoms with Gasteiger partial charge in [0.25, 0.3) is 5.69 Å². The molecule has 0 heterocycles. The second kappa shape index (κ2) is 12.4. The zero-order valence-corrected chi connectivity index (χ0v) is 23.2. The molecule has 0 spiro atoms. The molecule has 1 N–H and O–H groups in total. The van der Waals surface area contributed by atoms with Crippen molar-refractivity contribution in [1.29, 1.82) is 0 Å². The summed E-state index contributed by atoms with van der Waals surface area (Å²) in [5, 5.41) is 14.4. The van der Waals surface area contributed by atoms with Crippen LogP contribution in [-0.4, -0.2) is 54.9 Å². The highest BCUT2D eigenvalue weighted by Crippen LogP contribution is 2.28. The number of non-ortho nitro benzene ring substituents is 1. The lowest BCUT2D eigenvalue weighted by atomic mass is 9.95. The number of nitrogens with zero attached hydrogens (tertiary/aromatic N) is 3. The summed E-state index contributed by atoms with van der Waals surface area (Å²) in [5.74, 6) is -0.885. The minimum absolute atomic E-state index is 0.0462. The number of hydrogen-bond acceptors (Lipinski definition) is 6. The lowest BCUT2D eigenvalue weighted by Crippen LogP contribution is -2.53. The first kappa shape index (κ1) is 29.1. The molecule has 1 atom stereocenters. The lowest BCUT2D eigenvalue weighted by molar-refractivity contribution is -0.384. The van der Waals surface area contributed by atoms with Gasteiger partial charge in [0.2, 0.25) is 21.8 Å². The number of amides is 2. The Morgan fingerprint density at radius 2 is 1.79 bits per heavy atom. The molecule has 1 unspecified atom stereocenters. The Labute approximate surface area is 224 Å². The highest BCUT2D eigenvalue weighted by atomic mass is 32.2. The molecule has 1 aliphatic carbocycles. The summed E-state index contributed by atoms with van der Waals surface area (Å²) in [7, 11) is -4.00. The Morgan fingerprint density at radius 3 is 2.39 bits per heavy atom. The number of aryl methyl sites for hydroxylation is 2. The fourth-order valence-electron chi connectivity index (χ4n) is 4.73. The molecule has 2 aromatic carbocycles. The van der Waals surface area contributed by atoms with Gasteiger partial charge in [-0.2, -0.15) is 0 Å². The van der Waals surface area contributed by atoms with Crippen molar-refractivity contribution < 1.29 is 22.9 Å². The largest absolute Gasteiger partial charge is 0.352 e. The molecule has 10 nitrogen and oxygen atoms in total. The van der Waals surface area contributed by atoms with Crippen LogP contribution < -0.4 is 9.62 Å². The van der Waals surface area contributed by atoms with Crippen LogP contribution in [0.1, 0.15) is 55.7 Å². The smallest absolute Gasteiger partial charge is 0.271 e. The van der Waals surface area contributed by atoms with Crippen LogP contribution in [0, 0.1) is 24.0 Å². The van der Waals surface area contributed by atoms with E-state index >= 15 is 0 Å². The summed E-state index contributed by atoms with van der Waals surface area (Å²) in [6.07, 6.45) is 5.94. The van der Waals surface area contributed by atoms with Gasteiger partial charge in [-0.1, -0.05) is 55.2 Å². The van der Waals surface area contributed by atoms with Gasteiger partial charge in [-0.05, 0) is 44.7 Å². The molecule has 2 amide bonds. The van der Waals surface area contributed by atoms with E-state index in [1.807, 2.05) is 31.2 Å². The maximum absolute atomic E-state index is 13.7. The molecule has 1 aliphatic rings. The minimum Gasteiger partial charge on any atom is -0.352 e. The number of hydrogen-bond donors (Lipinski definition) is 1. The Hall–Kier alpha value is -3.47. The van der Waals surface area contributed by atoms with Gasteiger partial charge >= 0.3 is 0 Å². The van der Waals surface area contributed by atoms with Gasteiger partial charge in [0.05, 0.1) is 16.9 Å². The third-order valence-electron chi connectivity index (χ3n) is 6.91. The van der Waals surface area contributed by atoms with E-state index < -0.39 is 33.4 Å². The van der Waals surface area contributed by atoms with Crippen molar-refractivity contribution in [3.63, 3.8) is 0 Å². The van der Waals surface area contributed by atoms with Crippen LogP contribution in [0.3, 0.4) is 0 Å². The Balaban J connectivity index is 1.93. The number of benzene rings is 2. The van der Waals surface area contributed by atoms with Gasteiger partial charge in [-0.15, -0.1) is 0 Å². The summed E-state index contributed by atoms with van der Waals surface area (Å²) < 4.78 is 26.5. The fraction of sp³-hybridized carbons (Fsp3) is 0.481. The summed E-state index contributed by atoms with van der Waals surface area (Å²) >= 11 is 0. The fourth-order valence-corrected chi connectivity index (χ4v) is 5.63. The van der Waals surface area contributed by atoms with E-state index in [0.29, 0.717) is 5.56 Å². The first-order valence-corrected chi connectivity index (χ1v) is 14.6. The van der Waals surface area contributed by atoms with Crippen LogP contribution in [0.15, 0.2) is 42.5 Å². The number of nitro benzene ring substituents is 1. The Morgan fingerprint density at radius 1 is 1.11 bits per heavy atom. The van der Waals surface area contributed by atoms with Crippen LogP contribution in [0.4, 0.5) is 11.4 Å². The predicted molar refractivity (Wildman–Crippen MR) is 146 cm³/mol. The van der Waals surface area contributed by atoms with Gasteiger partial charge in [0, 0.05) is 24.7 Å². The number of nitro groups is 1. The first-order valence-electron chi connectivity index (χ1n) is 12.7. The second-order valence-electron chi connectivity index (χ2n) is 10.0. The average Bonchev–Trinajstić information content (AvgIpc) is 2.85. The van der Waals surface area contributed by atoms with E-state index in [0.717, 1.165) is 59.9 Å². The molecule has 1 saturated carbocycles. The standard InChI is InChI=1S/C27H36N4O6S/c1-19-9-8-10-22(15-19)17-29(21(3)27(33)28-23-11-6-5-7-12-23)26(32)18-30(38(4,36)37)25-16-24(31(34)35)14-13-20(25)2/h8-10,13-16,21,23H,5-7,11-12,17-18H2,1-4H3,(H,28,33). The molecule has 2 aromatic rings. The van der Waals surface area contributed by atoms with E-state index in [4.69, 9.17) is 0 Å². The second-order valence-corrected chi connectivity index (χ2v) is 11.9. The van der Waals surface area contributed by atoms with Gasteiger partial charge in [0.1, 0.15) is 12.6 Å². The van der Waals surface area contributed by atoms with Crippen molar-refractivity contribution in [2.45, 2.75) is 71.5 Å².